The zero-order valence-corrected chi connectivity index (χ0v) is 12.4. The van der Waals surface area contributed by atoms with Crippen molar-refractivity contribution in [2.24, 2.45) is 0 Å². The van der Waals surface area contributed by atoms with Gasteiger partial charge in [-0.1, -0.05) is 28.1 Å². The number of hydrogen-bond acceptors (Lipinski definition) is 2. The molecule has 0 saturated carbocycles. The van der Waals surface area contributed by atoms with Crippen LogP contribution in [-0.4, -0.2) is 5.11 Å². The molecule has 0 aliphatic carbocycles. The molecule has 0 atom stereocenters. The Kier molecular flexibility index (Phi) is 4.10. The van der Waals surface area contributed by atoms with Crippen LogP contribution in [0, 0.1) is 19.7 Å². The first kappa shape index (κ1) is 13.9. The monoisotopic (exact) mass is 323 g/mol. The summed E-state index contributed by atoms with van der Waals surface area (Å²) in [7, 11) is 0. The van der Waals surface area contributed by atoms with Crippen molar-refractivity contribution >= 4 is 21.6 Å². The molecule has 0 spiro atoms. The van der Waals surface area contributed by atoms with Crippen LogP contribution in [0.4, 0.5) is 10.1 Å². The second kappa shape index (κ2) is 5.61. The molecule has 2 aromatic carbocycles. The maximum absolute atomic E-state index is 13.2. The molecule has 2 nitrogen and oxygen atoms in total. The van der Waals surface area contributed by atoms with E-state index in [9.17, 15) is 9.50 Å². The molecule has 19 heavy (non-hydrogen) atoms. The van der Waals surface area contributed by atoms with Crippen LogP contribution in [-0.2, 0) is 6.54 Å². The highest BCUT2D eigenvalue weighted by Gasteiger charge is 2.08. The fraction of sp³-hybridized carbons (Fsp3) is 0.200. The van der Waals surface area contributed by atoms with Crippen LogP contribution in [0.15, 0.2) is 34.8 Å². The van der Waals surface area contributed by atoms with Gasteiger partial charge in [-0.15, -0.1) is 0 Å². The summed E-state index contributed by atoms with van der Waals surface area (Å²) >= 11 is 3.45. The van der Waals surface area contributed by atoms with Gasteiger partial charge >= 0.3 is 0 Å². The van der Waals surface area contributed by atoms with Crippen LogP contribution >= 0.6 is 15.9 Å². The molecule has 0 bridgehead atoms. The molecular weight excluding hydrogens is 309 g/mol. The Morgan fingerprint density at radius 1 is 1.21 bits per heavy atom. The molecule has 4 heteroatoms. The second-order valence-electron chi connectivity index (χ2n) is 4.52. The third kappa shape index (κ3) is 3.07. The number of aryl methyl sites for hydroxylation is 2. The zero-order valence-electron chi connectivity index (χ0n) is 10.8. The fourth-order valence-corrected chi connectivity index (χ4v) is 2.76. The minimum absolute atomic E-state index is 0.289. The number of halogens is 2. The standard InChI is InChI=1S/C15H15BrFNO/c1-9-6-12(16)7-10(2)14(9)18-8-11-4-3-5-13(17)15(11)19/h3-7,18-19H,8H2,1-2H3. The normalized spacial score (nSPS) is 10.5. The average Bonchev–Trinajstić information content (AvgIpc) is 2.33. The van der Waals surface area contributed by atoms with E-state index in [-0.39, 0.29) is 5.75 Å². The fourth-order valence-electron chi connectivity index (χ4n) is 2.08. The van der Waals surface area contributed by atoms with Gasteiger partial charge < -0.3 is 10.4 Å². The van der Waals surface area contributed by atoms with Crippen LogP contribution in [0.2, 0.25) is 0 Å². The summed E-state index contributed by atoms with van der Waals surface area (Å²) in [5.41, 5.74) is 3.75. The second-order valence-corrected chi connectivity index (χ2v) is 5.43. The molecule has 2 N–H and O–H groups in total. The number of hydrogen-bond donors (Lipinski definition) is 2. The van der Waals surface area contributed by atoms with Gasteiger partial charge in [-0.3, -0.25) is 0 Å². The van der Waals surface area contributed by atoms with Crippen LogP contribution < -0.4 is 5.32 Å². The van der Waals surface area contributed by atoms with Gasteiger partial charge in [0.2, 0.25) is 0 Å². The van der Waals surface area contributed by atoms with E-state index in [4.69, 9.17) is 0 Å². The molecule has 0 radical (unpaired) electrons. The van der Waals surface area contributed by atoms with Crippen molar-refractivity contribution in [3.63, 3.8) is 0 Å². The number of phenols is 1. The first-order valence-electron chi connectivity index (χ1n) is 5.96. The number of phenolic OH excluding ortho intramolecular Hbond substituents is 1. The summed E-state index contributed by atoms with van der Waals surface area (Å²) in [5, 5.41) is 12.9. The van der Waals surface area contributed by atoms with Gasteiger partial charge in [-0.2, -0.15) is 0 Å². The maximum atomic E-state index is 13.2. The van der Waals surface area contributed by atoms with E-state index in [1.54, 1.807) is 12.1 Å². The Balaban J connectivity index is 2.22. The molecule has 0 aliphatic rings. The average molecular weight is 324 g/mol. The van der Waals surface area contributed by atoms with Crippen LogP contribution in [0.25, 0.3) is 0 Å². The van der Waals surface area contributed by atoms with Gasteiger partial charge in [0.1, 0.15) is 0 Å². The zero-order chi connectivity index (χ0) is 14.0. The molecule has 2 rings (SSSR count). The number of benzene rings is 2. The molecule has 0 unspecified atom stereocenters. The third-order valence-corrected chi connectivity index (χ3v) is 3.48. The number of anilines is 1. The summed E-state index contributed by atoms with van der Waals surface area (Å²) < 4.78 is 14.3. The summed E-state index contributed by atoms with van der Waals surface area (Å²) in [5.74, 6) is -0.883. The smallest absolute Gasteiger partial charge is 0.165 e. The summed E-state index contributed by atoms with van der Waals surface area (Å²) in [6.45, 7) is 4.39. The SMILES string of the molecule is Cc1cc(Br)cc(C)c1NCc1cccc(F)c1O. The van der Waals surface area contributed by atoms with Crippen molar-refractivity contribution < 1.29 is 9.50 Å². The van der Waals surface area contributed by atoms with Gasteiger partial charge in [0.15, 0.2) is 11.6 Å². The largest absolute Gasteiger partial charge is 0.505 e. The Labute approximate surface area is 120 Å². The summed E-state index contributed by atoms with van der Waals surface area (Å²) in [6, 6.07) is 8.57. The van der Waals surface area contributed by atoms with Crippen LogP contribution in [0.3, 0.4) is 0 Å². The van der Waals surface area contributed by atoms with Crippen molar-refractivity contribution in [2.45, 2.75) is 20.4 Å². The Hall–Kier alpha value is -1.55. The molecule has 0 saturated heterocycles. The lowest BCUT2D eigenvalue weighted by Crippen LogP contribution is -2.03. The van der Waals surface area contributed by atoms with Crippen molar-refractivity contribution in [2.75, 3.05) is 5.32 Å². The number of para-hydroxylation sites is 1. The van der Waals surface area contributed by atoms with E-state index in [0.29, 0.717) is 12.1 Å². The molecule has 0 aliphatic heterocycles. The molecule has 100 valence electrons. The minimum atomic E-state index is -0.594. The highest BCUT2D eigenvalue weighted by molar-refractivity contribution is 9.10. The van der Waals surface area contributed by atoms with E-state index in [2.05, 4.69) is 21.2 Å². The maximum Gasteiger partial charge on any atom is 0.165 e. The van der Waals surface area contributed by atoms with Crippen molar-refractivity contribution in [3.05, 3.63) is 57.3 Å². The first-order chi connectivity index (χ1) is 8.99. The molecule has 0 amide bonds. The number of rotatable bonds is 3. The predicted molar refractivity (Wildman–Crippen MR) is 79.0 cm³/mol. The number of aromatic hydroxyl groups is 1. The molecule has 0 aromatic heterocycles. The molecule has 0 fully saturated rings. The quantitative estimate of drug-likeness (QED) is 0.870. The summed E-state index contributed by atoms with van der Waals surface area (Å²) in [4.78, 5) is 0. The first-order valence-corrected chi connectivity index (χ1v) is 6.75. The Morgan fingerprint density at radius 2 is 1.84 bits per heavy atom. The van der Waals surface area contributed by atoms with E-state index >= 15 is 0 Å². The highest BCUT2D eigenvalue weighted by Crippen LogP contribution is 2.27. The van der Waals surface area contributed by atoms with Gasteiger partial charge in [0.25, 0.3) is 0 Å². The minimum Gasteiger partial charge on any atom is -0.505 e. The predicted octanol–water partition coefficient (Wildman–Crippen LogP) is 4.52. The molecule has 0 heterocycles. The van der Waals surface area contributed by atoms with Gasteiger partial charge in [-0.25, -0.2) is 4.39 Å². The van der Waals surface area contributed by atoms with Crippen LogP contribution in [0.1, 0.15) is 16.7 Å². The molecular formula is C15H15BrFNO. The van der Waals surface area contributed by atoms with Crippen molar-refractivity contribution in [1.82, 2.24) is 0 Å². The van der Waals surface area contributed by atoms with E-state index in [1.807, 2.05) is 26.0 Å². The third-order valence-electron chi connectivity index (χ3n) is 3.02. The lowest BCUT2D eigenvalue weighted by molar-refractivity contribution is 0.427. The lowest BCUT2D eigenvalue weighted by atomic mass is 10.1. The number of nitrogens with one attached hydrogen (secondary N) is 1. The van der Waals surface area contributed by atoms with Gasteiger partial charge in [0, 0.05) is 22.3 Å². The highest BCUT2D eigenvalue weighted by atomic mass is 79.9. The topological polar surface area (TPSA) is 32.3 Å². The van der Waals surface area contributed by atoms with Crippen molar-refractivity contribution in [3.8, 4) is 5.75 Å². The Morgan fingerprint density at radius 3 is 2.47 bits per heavy atom. The Bertz CT molecular complexity index is 590. The summed E-state index contributed by atoms with van der Waals surface area (Å²) in [6.07, 6.45) is 0. The van der Waals surface area contributed by atoms with E-state index < -0.39 is 5.82 Å². The van der Waals surface area contributed by atoms with Crippen LogP contribution in [0.5, 0.6) is 5.75 Å². The van der Waals surface area contributed by atoms with Gasteiger partial charge in [0.05, 0.1) is 0 Å². The van der Waals surface area contributed by atoms with Crippen molar-refractivity contribution in [1.29, 1.82) is 0 Å². The molecule has 2 aromatic rings. The van der Waals surface area contributed by atoms with Gasteiger partial charge in [-0.05, 0) is 43.2 Å². The van der Waals surface area contributed by atoms with E-state index in [0.717, 1.165) is 21.3 Å². The van der Waals surface area contributed by atoms with E-state index in [1.165, 1.54) is 6.07 Å². The lowest BCUT2D eigenvalue weighted by Gasteiger charge is -2.14.